The first-order chi connectivity index (χ1) is 7.15. The van der Waals surface area contributed by atoms with Crippen molar-refractivity contribution >= 4 is 33.2 Å². The molecule has 0 bridgehead atoms. The van der Waals surface area contributed by atoms with Crippen molar-refractivity contribution in [3.63, 3.8) is 0 Å². The topological polar surface area (TPSA) is 35.8 Å². The molecule has 15 heavy (non-hydrogen) atoms. The molecule has 1 aromatic carbocycles. The van der Waals surface area contributed by atoms with Crippen LogP contribution in [0.15, 0.2) is 22.7 Å². The summed E-state index contributed by atoms with van der Waals surface area (Å²) in [4.78, 5) is 0. The Labute approximate surface area is 102 Å². The van der Waals surface area contributed by atoms with E-state index in [4.69, 9.17) is 16.9 Å². The minimum Gasteiger partial charge on any atom is -0.367 e. The molecule has 4 heteroatoms. The Morgan fingerprint density at radius 2 is 2.20 bits per heavy atom. The van der Waals surface area contributed by atoms with Crippen molar-refractivity contribution in [3.05, 3.63) is 27.7 Å². The summed E-state index contributed by atoms with van der Waals surface area (Å²) in [6, 6.07) is 7.95. The van der Waals surface area contributed by atoms with E-state index in [0.29, 0.717) is 5.02 Å². The van der Waals surface area contributed by atoms with Gasteiger partial charge in [0.05, 0.1) is 11.1 Å². The Bertz CT molecular complexity index is 421. The number of nitrogens with one attached hydrogen (secondary N) is 1. The molecular weight excluding hydrogens is 275 g/mol. The maximum atomic E-state index is 9.07. The summed E-state index contributed by atoms with van der Waals surface area (Å²) in [5.74, 6) is 0. The zero-order valence-electron chi connectivity index (χ0n) is 8.06. The van der Waals surface area contributed by atoms with Crippen molar-refractivity contribution in [2.24, 2.45) is 0 Å². The highest BCUT2D eigenvalue weighted by molar-refractivity contribution is 9.10. The maximum absolute atomic E-state index is 9.07. The van der Waals surface area contributed by atoms with E-state index >= 15 is 0 Å². The van der Waals surface area contributed by atoms with Crippen molar-refractivity contribution in [3.8, 4) is 6.07 Å². The molecule has 1 aliphatic rings. The summed E-state index contributed by atoms with van der Waals surface area (Å²) in [5, 5.41) is 13.0. The third kappa shape index (κ3) is 2.11. The number of hydrogen-bond donors (Lipinski definition) is 1. The summed E-state index contributed by atoms with van der Waals surface area (Å²) in [5.41, 5.74) is 0.584. The van der Waals surface area contributed by atoms with Crippen LogP contribution < -0.4 is 5.32 Å². The quantitative estimate of drug-likeness (QED) is 0.893. The second-order valence-corrected chi connectivity index (χ2v) is 5.06. The highest BCUT2D eigenvalue weighted by atomic mass is 79.9. The molecule has 1 saturated carbocycles. The molecule has 1 aromatic rings. The number of benzene rings is 1. The van der Waals surface area contributed by atoms with Gasteiger partial charge < -0.3 is 5.32 Å². The van der Waals surface area contributed by atoms with Gasteiger partial charge in [-0.1, -0.05) is 11.6 Å². The molecule has 0 aliphatic heterocycles. The van der Waals surface area contributed by atoms with E-state index in [-0.39, 0.29) is 5.54 Å². The van der Waals surface area contributed by atoms with Gasteiger partial charge in [-0.05, 0) is 53.4 Å². The lowest BCUT2D eigenvalue weighted by Gasteiger charge is -2.36. The standard InChI is InChI=1S/C11H10BrClN2/c12-9-6-8(2-3-10(9)13)15-11(7-14)4-1-5-11/h2-3,6,15H,1,4-5H2. The fraction of sp³-hybridized carbons (Fsp3) is 0.364. The fourth-order valence-electron chi connectivity index (χ4n) is 1.65. The Morgan fingerprint density at radius 1 is 1.47 bits per heavy atom. The van der Waals surface area contributed by atoms with E-state index in [0.717, 1.165) is 29.4 Å². The predicted molar refractivity (Wildman–Crippen MR) is 65.0 cm³/mol. The van der Waals surface area contributed by atoms with Gasteiger partial charge in [0.1, 0.15) is 5.54 Å². The molecule has 0 saturated heterocycles. The monoisotopic (exact) mass is 284 g/mol. The molecule has 0 heterocycles. The van der Waals surface area contributed by atoms with Gasteiger partial charge >= 0.3 is 0 Å². The molecule has 2 nitrogen and oxygen atoms in total. The lowest BCUT2D eigenvalue weighted by molar-refractivity contribution is 0.356. The first-order valence-corrected chi connectivity index (χ1v) is 5.97. The van der Waals surface area contributed by atoms with Crippen LogP contribution in [0.5, 0.6) is 0 Å². The molecule has 0 atom stereocenters. The van der Waals surface area contributed by atoms with Crippen molar-refractivity contribution in [2.75, 3.05) is 5.32 Å². The van der Waals surface area contributed by atoms with E-state index in [1.807, 2.05) is 18.2 Å². The van der Waals surface area contributed by atoms with Gasteiger partial charge in [0.25, 0.3) is 0 Å². The Hall–Kier alpha value is -0.720. The normalized spacial score (nSPS) is 17.7. The summed E-state index contributed by atoms with van der Waals surface area (Å²) in [7, 11) is 0. The van der Waals surface area contributed by atoms with E-state index in [1.54, 1.807) is 0 Å². The number of rotatable bonds is 2. The van der Waals surface area contributed by atoms with Crippen LogP contribution in [0, 0.1) is 11.3 Å². The Balaban J connectivity index is 2.18. The van der Waals surface area contributed by atoms with Crippen LogP contribution in [0.2, 0.25) is 5.02 Å². The van der Waals surface area contributed by atoms with Crippen molar-refractivity contribution < 1.29 is 0 Å². The average molecular weight is 286 g/mol. The van der Waals surface area contributed by atoms with Crippen molar-refractivity contribution in [1.29, 1.82) is 5.26 Å². The van der Waals surface area contributed by atoms with Crippen LogP contribution in [0.3, 0.4) is 0 Å². The predicted octanol–water partition coefficient (Wildman–Crippen LogP) is 3.96. The number of hydrogen-bond acceptors (Lipinski definition) is 2. The van der Waals surface area contributed by atoms with Crippen LogP contribution in [-0.4, -0.2) is 5.54 Å². The lowest BCUT2D eigenvalue weighted by atomic mass is 9.78. The SMILES string of the molecule is N#CC1(Nc2ccc(Cl)c(Br)c2)CCC1. The molecule has 1 N–H and O–H groups in total. The Kier molecular flexibility index (Phi) is 2.90. The van der Waals surface area contributed by atoms with Gasteiger partial charge in [-0.3, -0.25) is 0 Å². The molecule has 0 amide bonds. The zero-order valence-corrected chi connectivity index (χ0v) is 10.4. The van der Waals surface area contributed by atoms with Crippen LogP contribution >= 0.6 is 27.5 Å². The average Bonchev–Trinajstić information content (AvgIpc) is 2.17. The number of anilines is 1. The van der Waals surface area contributed by atoms with Crippen LogP contribution in [0.25, 0.3) is 0 Å². The maximum Gasteiger partial charge on any atom is 0.125 e. The van der Waals surface area contributed by atoms with Crippen LogP contribution in [0.1, 0.15) is 19.3 Å². The highest BCUT2D eigenvalue weighted by Crippen LogP contribution is 2.36. The van der Waals surface area contributed by atoms with E-state index < -0.39 is 0 Å². The molecule has 0 aromatic heterocycles. The molecule has 78 valence electrons. The third-order valence-electron chi connectivity index (χ3n) is 2.72. The molecule has 2 rings (SSSR count). The second kappa shape index (κ2) is 4.03. The van der Waals surface area contributed by atoms with Crippen LogP contribution in [-0.2, 0) is 0 Å². The number of halogens is 2. The molecule has 0 radical (unpaired) electrons. The number of nitriles is 1. The first kappa shape index (κ1) is 10.8. The van der Waals surface area contributed by atoms with Crippen LogP contribution in [0.4, 0.5) is 5.69 Å². The summed E-state index contributed by atoms with van der Waals surface area (Å²) in [6.45, 7) is 0. The molecule has 1 fully saturated rings. The second-order valence-electron chi connectivity index (χ2n) is 3.80. The minimum atomic E-state index is -0.354. The van der Waals surface area contributed by atoms with Crippen molar-refractivity contribution in [2.45, 2.75) is 24.8 Å². The molecule has 0 unspecified atom stereocenters. The number of nitrogens with zero attached hydrogens (tertiary/aromatic N) is 1. The zero-order chi connectivity index (χ0) is 10.9. The highest BCUT2D eigenvalue weighted by Gasteiger charge is 2.36. The summed E-state index contributed by atoms with van der Waals surface area (Å²) in [6.07, 6.45) is 2.96. The van der Waals surface area contributed by atoms with Crippen molar-refractivity contribution in [1.82, 2.24) is 0 Å². The van der Waals surface area contributed by atoms with E-state index in [2.05, 4.69) is 27.3 Å². The first-order valence-electron chi connectivity index (χ1n) is 4.80. The molecule has 0 spiro atoms. The molecular formula is C11H10BrClN2. The van der Waals surface area contributed by atoms with Gasteiger partial charge in [0, 0.05) is 10.2 Å². The lowest BCUT2D eigenvalue weighted by Crippen LogP contribution is -2.43. The Morgan fingerprint density at radius 3 is 2.67 bits per heavy atom. The van der Waals surface area contributed by atoms with Gasteiger partial charge in [0.15, 0.2) is 0 Å². The van der Waals surface area contributed by atoms with Gasteiger partial charge in [0.2, 0.25) is 0 Å². The van der Waals surface area contributed by atoms with Gasteiger partial charge in [-0.2, -0.15) is 5.26 Å². The third-order valence-corrected chi connectivity index (χ3v) is 3.94. The minimum absolute atomic E-state index is 0.354. The smallest absolute Gasteiger partial charge is 0.125 e. The fourth-order valence-corrected chi connectivity index (χ4v) is 2.14. The van der Waals surface area contributed by atoms with Gasteiger partial charge in [-0.25, -0.2) is 0 Å². The van der Waals surface area contributed by atoms with E-state index in [1.165, 1.54) is 0 Å². The molecule has 1 aliphatic carbocycles. The summed E-state index contributed by atoms with van der Waals surface area (Å²) < 4.78 is 0.849. The van der Waals surface area contributed by atoms with Gasteiger partial charge in [-0.15, -0.1) is 0 Å². The largest absolute Gasteiger partial charge is 0.367 e. The van der Waals surface area contributed by atoms with E-state index in [9.17, 15) is 0 Å². The summed E-state index contributed by atoms with van der Waals surface area (Å²) >= 11 is 9.25.